The third kappa shape index (κ3) is 0.984. The molecule has 0 aromatic heterocycles. The second-order valence-electron chi connectivity index (χ2n) is 3.89. The van der Waals surface area contributed by atoms with E-state index in [1.807, 2.05) is 11.8 Å². The Morgan fingerprint density at radius 2 is 2.45 bits per heavy atom. The molecule has 0 aliphatic carbocycles. The fraction of sp³-hybridized carbons (Fsp3) is 0.875. The Kier molecular flexibility index (Phi) is 1.34. The number of carbonyl (C=O) groups is 1. The van der Waals surface area contributed by atoms with Crippen LogP contribution in [0.5, 0.6) is 0 Å². The zero-order valence-electron chi connectivity index (χ0n) is 6.64. The van der Waals surface area contributed by atoms with E-state index in [2.05, 4.69) is 0 Å². The molecule has 2 atom stereocenters. The molecule has 0 saturated carbocycles. The topological polar surface area (TPSA) is 20.3 Å². The van der Waals surface area contributed by atoms with Gasteiger partial charge in [-0.2, -0.15) is 0 Å². The Hall–Kier alpha value is -0.440. The number of Topliss-reactive ketones (excluding diaryl/α,β-unsaturated/α-hetero) is 1. The van der Waals surface area contributed by atoms with Crippen molar-refractivity contribution in [1.29, 1.82) is 0 Å². The minimum atomic E-state index is -0.715. The highest BCUT2D eigenvalue weighted by molar-refractivity contribution is 5.84. The molecule has 0 radical (unpaired) electrons. The number of ketones is 1. The molecular formula is C8H12FNO. The second-order valence-corrected chi connectivity index (χ2v) is 3.89. The maximum atomic E-state index is 12.9. The van der Waals surface area contributed by atoms with Gasteiger partial charge in [-0.15, -0.1) is 0 Å². The van der Waals surface area contributed by atoms with Gasteiger partial charge in [-0.1, -0.05) is 0 Å². The van der Waals surface area contributed by atoms with Crippen molar-refractivity contribution in [2.45, 2.75) is 31.5 Å². The van der Waals surface area contributed by atoms with E-state index < -0.39 is 6.17 Å². The zero-order chi connectivity index (χ0) is 8.06. The van der Waals surface area contributed by atoms with Crippen LogP contribution in [0.25, 0.3) is 0 Å². The maximum absolute atomic E-state index is 12.9. The Labute approximate surface area is 65.4 Å². The molecule has 11 heavy (non-hydrogen) atoms. The number of rotatable bonds is 0. The van der Waals surface area contributed by atoms with E-state index >= 15 is 0 Å². The zero-order valence-corrected chi connectivity index (χ0v) is 6.64. The predicted molar refractivity (Wildman–Crippen MR) is 39.1 cm³/mol. The minimum Gasteiger partial charge on any atom is -0.298 e. The van der Waals surface area contributed by atoms with Crippen LogP contribution in [-0.2, 0) is 4.79 Å². The van der Waals surface area contributed by atoms with Gasteiger partial charge in [-0.05, 0) is 13.3 Å². The maximum Gasteiger partial charge on any atom is 0.148 e. The molecule has 0 aromatic carbocycles. The number of fused-ring (bicyclic) bond motifs is 1. The molecule has 3 heteroatoms. The normalized spacial score (nSPS) is 44.9. The number of carbonyl (C=O) groups excluding carboxylic acids is 1. The SMILES string of the molecule is C[C@]12CC(=O)CN1C[C@H](F)C2. The molecule has 0 N–H and O–H groups in total. The van der Waals surface area contributed by atoms with Gasteiger partial charge in [0.15, 0.2) is 0 Å². The van der Waals surface area contributed by atoms with Crippen molar-refractivity contribution in [3.8, 4) is 0 Å². The lowest BCUT2D eigenvalue weighted by molar-refractivity contribution is -0.117. The minimum absolute atomic E-state index is 0.142. The second kappa shape index (κ2) is 2.03. The summed E-state index contributed by atoms with van der Waals surface area (Å²) in [6, 6.07) is 0. The van der Waals surface area contributed by atoms with Crippen LogP contribution in [0.1, 0.15) is 19.8 Å². The number of nitrogens with zero attached hydrogens (tertiary/aromatic N) is 1. The van der Waals surface area contributed by atoms with Crippen LogP contribution < -0.4 is 0 Å². The smallest absolute Gasteiger partial charge is 0.148 e. The molecule has 62 valence electrons. The van der Waals surface area contributed by atoms with Crippen LogP contribution in [0.2, 0.25) is 0 Å². The van der Waals surface area contributed by atoms with E-state index in [1.165, 1.54) is 0 Å². The van der Waals surface area contributed by atoms with Gasteiger partial charge in [0, 0.05) is 18.5 Å². The van der Waals surface area contributed by atoms with Crippen molar-refractivity contribution in [3.63, 3.8) is 0 Å². The summed E-state index contributed by atoms with van der Waals surface area (Å²) >= 11 is 0. The molecule has 2 nitrogen and oxygen atoms in total. The van der Waals surface area contributed by atoms with Crippen LogP contribution in [0, 0.1) is 0 Å². The van der Waals surface area contributed by atoms with E-state index in [0.29, 0.717) is 25.9 Å². The molecule has 0 aromatic rings. The lowest BCUT2D eigenvalue weighted by atomic mass is 9.96. The number of alkyl halides is 1. The van der Waals surface area contributed by atoms with Gasteiger partial charge in [0.2, 0.25) is 0 Å². The van der Waals surface area contributed by atoms with E-state index in [9.17, 15) is 9.18 Å². The fourth-order valence-electron chi connectivity index (χ4n) is 2.26. The molecule has 2 heterocycles. The number of hydrogen-bond acceptors (Lipinski definition) is 2. The molecule has 0 unspecified atom stereocenters. The average molecular weight is 157 g/mol. The van der Waals surface area contributed by atoms with Crippen LogP contribution in [-0.4, -0.2) is 35.5 Å². The lowest BCUT2D eigenvalue weighted by Gasteiger charge is -2.24. The number of halogens is 1. The van der Waals surface area contributed by atoms with Crippen molar-refractivity contribution < 1.29 is 9.18 Å². The summed E-state index contributed by atoms with van der Waals surface area (Å²) in [7, 11) is 0. The molecule has 2 rings (SSSR count). The van der Waals surface area contributed by atoms with Crippen LogP contribution >= 0.6 is 0 Å². The molecule has 0 spiro atoms. The van der Waals surface area contributed by atoms with Crippen molar-refractivity contribution in [1.82, 2.24) is 4.90 Å². The molecule has 2 fully saturated rings. The highest BCUT2D eigenvalue weighted by atomic mass is 19.1. The van der Waals surface area contributed by atoms with Crippen molar-refractivity contribution >= 4 is 5.78 Å². The van der Waals surface area contributed by atoms with E-state index in [1.54, 1.807) is 0 Å². The van der Waals surface area contributed by atoms with Gasteiger partial charge in [-0.25, -0.2) is 4.39 Å². The van der Waals surface area contributed by atoms with Crippen LogP contribution in [0.4, 0.5) is 4.39 Å². The van der Waals surface area contributed by atoms with E-state index in [4.69, 9.17) is 0 Å². The third-order valence-electron chi connectivity index (χ3n) is 2.79. The molecular weight excluding hydrogens is 145 g/mol. The highest BCUT2D eigenvalue weighted by Crippen LogP contribution is 2.37. The summed E-state index contributed by atoms with van der Waals surface area (Å²) in [5, 5.41) is 0. The largest absolute Gasteiger partial charge is 0.298 e. The van der Waals surface area contributed by atoms with Gasteiger partial charge >= 0.3 is 0 Å². The molecule has 2 saturated heterocycles. The standard InChI is InChI=1S/C8H12FNO/c1-8-2-6(9)4-10(8)5-7(11)3-8/h6H,2-5H2,1H3/t6-,8+/m1/s1. The fourth-order valence-corrected chi connectivity index (χ4v) is 2.26. The first-order valence-electron chi connectivity index (χ1n) is 4.01. The molecule has 0 bridgehead atoms. The first-order chi connectivity index (χ1) is 5.10. The first-order valence-corrected chi connectivity index (χ1v) is 4.01. The monoisotopic (exact) mass is 157 g/mol. The van der Waals surface area contributed by atoms with E-state index in [-0.39, 0.29) is 11.3 Å². The molecule has 2 aliphatic heterocycles. The molecule has 0 amide bonds. The van der Waals surface area contributed by atoms with Gasteiger partial charge in [0.1, 0.15) is 12.0 Å². The number of hydrogen-bond donors (Lipinski definition) is 0. The van der Waals surface area contributed by atoms with Crippen LogP contribution in [0.3, 0.4) is 0 Å². The Morgan fingerprint density at radius 1 is 1.73 bits per heavy atom. The summed E-state index contributed by atoms with van der Waals surface area (Å²) in [4.78, 5) is 13.0. The van der Waals surface area contributed by atoms with Crippen molar-refractivity contribution in [2.24, 2.45) is 0 Å². The van der Waals surface area contributed by atoms with Crippen molar-refractivity contribution in [3.05, 3.63) is 0 Å². The summed E-state index contributed by atoms with van der Waals surface area (Å²) < 4.78 is 12.9. The Morgan fingerprint density at radius 3 is 3.09 bits per heavy atom. The van der Waals surface area contributed by atoms with Gasteiger partial charge in [-0.3, -0.25) is 9.69 Å². The van der Waals surface area contributed by atoms with Crippen molar-refractivity contribution in [2.75, 3.05) is 13.1 Å². The first kappa shape index (κ1) is 7.22. The lowest BCUT2D eigenvalue weighted by Crippen LogP contribution is -2.34. The quantitative estimate of drug-likeness (QED) is 0.517. The van der Waals surface area contributed by atoms with Gasteiger partial charge in [0.05, 0.1) is 6.54 Å². The highest BCUT2D eigenvalue weighted by Gasteiger charge is 2.48. The van der Waals surface area contributed by atoms with Gasteiger partial charge in [0.25, 0.3) is 0 Å². The third-order valence-corrected chi connectivity index (χ3v) is 2.79. The van der Waals surface area contributed by atoms with Crippen LogP contribution in [0.15, 0.2) is 0 Å². The summed E-state index contributed by atoms with van der Waals surface area (Å²) in [6.45, 7) is 2.91. The summed E-state index contributed by atoms with van der Waals surface area (Å²) in [5.74, 6) is 0.263. The van der Waals surface area contributed by atoms with E-state index in [0.717, 1.165) is 0 Å². The summed E-state index contributed by atoms with van der Waals surface area (Å²) in [5.41, 5.74) is -0.142. The molecule has 2 aliphatic rings. The Balaban J connectivity index is 2.19. The Bertz CT molecular complexity index is 206. The average Bonchev–Trinajstić information content (AvgIpc) is 2.16. The predicted octanol–water partition coefficient (Wildman–Crippen LogP) is 0.762. The van der Waals surface area contributed by atoms with Gasteiger partial charge < -0.3 is 0 Å². The summed E-state index contributed by atoms with van der Waals surface area (Å²) in [6.07, 6.45) is 0.375.